The van der Waals surface area contributed by atoms with Crippen LogP contribution < -0.4 is 4.74 Å². The zero-order valence-corrected chi connectivity index (χ0v) is 23.5. The van der Waals surface area contributed by atoms with Crippen LogP contribution in [0.1, 0.15) is 16.7 Å². The predicted octanol–water partition coefficient (Wildman–Crippen LogP) is 7.62. The molecule has 0 aliphatic carbocycles. The van der Waals surface area contributed by atoms with Gasteiger partial charge in [0.15, 0.2) is 0 Å². The minimum Gasteiger partial charge on any atom is -0.497 e. The second-order valence-corrected chi connectivity index (χ2v) is 11.6. The van der Waals surface area contributed by atoms with Gasteiger partial charge in [-0.05, 0) is 59.7 Å². The van der Waals surface area contributed by atoms with Gasteiger partial charge in [-0.2, -0.15) is 0 Å². The summed E-state index contributed by atoms with van der Waals surface area (Å²) >= 11 is 14.0. The molecule has 1 aliphatic rings. The van der Waals surface area contributed by atoms with Crippen molar-refractivity contribution < 1.29 is 9.53 Å². The number of hydrogen-bond donors (Lipinski definition) is 0. The molecule has 1 amide bonds. The van der Waals surface area contributed by atoms with E-state index in [2.05, 4.69) is 66.9 Å². The number of nitrogens with zero attached hydrogens (tertiary/aromatic N) is 2. The number of amides is 1. The first-order valence-corrected chi connectivity index (χ1v) is 13.6. The summed E-state index contributed by atoms with van der Waals surface area (Å²) in [6.07, 6.45) is 4.06. The van der Waals surface area contributed by atoms with Crippen LogP contribution in [-0.4, -0.2) is 26.8 Å². The van der Waals surface area contributed by atoms with Gasteiger partial charge >= 0.3 is 0 Å². The van der Waals surface area contributed by atoms with E-state index in [1.807, 2.05) is 48.5 Å². The highest BCUT2D eigenvalue weighted by Crippen LogP contribution is 2.36. The molecule has 35 heavy (non-hydrogen) atoms. The zero-order chi connectivity index (χ0) is 24.5. The Morgan fingerprint density at radius 1 is 0.943 bits per heavy atom. The lowest BCUT2D eigenvalue weighted by Gasteiger charge is -2.14. The van der Waals surface area contributed by atoms with E-state index in [0.29, 0.717) is 15.8 Å². The lowest BCUT2D eigenvalue weighted by atomic mass is 10.1. The highest BCUT2D eigenvalue weighted by atomic mass is 79.9. The molecule has 0 unspecified atom stereocenters. The van der Waals surface area contributed by atoms with Crippen molar-refractivity contribution in [2.24, 2.45) is 0 Å². The van der Waals surface area contributed by atoms with E-state index in [1.54, 1.807) is 12.0 Å². The standard InChI is InChI=1S/C27H20Br2N2O2S2/c1-33-22-9-4-18(5-10-22)15-31-26(32)25(35-27(31)34)12-19-16-30(14-17-2-6-20(28)7-3-17)24-11-8-21(29)13-23(19)24/h2-13,16H,14-15H2,1H3/b25-12-. The molecule has 0 bridgehead atoms. The fourth-order valence-electron chi connectivity index (χ4n) is 4.02. The lowest BCUT2D eigenvalue weighted by molar-refractivity contribution is -0.122. The van der Waals surface area contributed by atoms with Crippen molar-refractivity contribution in [3.05, 3.63) is 103 Å². The number of benzene rings is 3. The molecule has 4 aromatic rings. The molecule has 1 saturated heterocycles. The number of carbonyl (C=O) groups excluding carboxylic acids is 1. The van der Waals surface area contributed by atoms with Gasteiger partial charge in [0, 0.05) is 38.2 Å². The minimum atomic E-state index is -0.0698. The van der Waals surface area contributed by atoms with Gasteiger partial charge in [0.2, 0.25) is 0 Å². The van der Waals surface area contributed by atoms with Crippen LogP contribution in [-0.2, 0) is 17.9 Å². The van der Waals surface area contributed by atoms with Crippen LogP contribution in [0.2, 0.25) is 0 Å². The van der Waals surface area contributed by atoms with E-state index in [-0.39, 0.29) is 5.91 Å². The number of aromatic nitrogens is 1. The van der Waals surface area contributed by atoms with Crippen molar-refractivity contribution in [3.8, 4) is 5.75 Å². The topological polar surface area (TPSA) is 34.5 Å². The molecule has 0 N–H and O–H groups in total. The molecule has 0 saturated carbocycles. The Balaban J connectivity index is 1.45. The Morgan fingerprint density at radius 3 is 2.31 bits per heavy atom. The summed E-state index contributed by atoms with van der Waals surface area (Å²) < 4.78 is 10.1. The van der Waals surface area contributed by atoms with Gasteiger partial charge in [0.25, 0.3) is 5.91 Å². The molecule has 0 radical (unpaired) electrons. The number of ether oxygens (including phenoxy) is 1. The van der Waals surface area contributed by atoms with E-state index in [4.69, 9.17) is 17.0 Å². The van der Waals surface area contributed by atoms with E-state index in [1.165, 1.54) is 17.3 Å². The zero-order valence-electron chi connectivity index (χ0n) is 18.7. The number of methoxy groups -OCH3 is 1. The molecule has 8 heteroatoms. The third kappa shape index (κ3) is 5.26. The molecule has 5 rings (SSSR count). The number of carbonyl (C=O) groups is 1. The highest BCUT2D eigenvalue weighted by molar-refractivity contribution is 9.10. The van der Waals surface area contributed by atoms with Crippen LogP contribution in [0.4, 0.5) is 0 Å². The maximum Gasteiger partial charge on any atom is 0.266 e. The Morgan fingerprint density at radius 2 is 1.60 bits per heavy atom. The number of rotatable bonds is 6. The molecule has 1 aliphatic heterocycles. The third-order valence-corrected chi connectivity index (χ3v) is 8.20. The number of thiocarbonyl (C=S) groups is 1. The summed E-state index contributed by atoms with van der Waals surface area (Å²) in [6.45, 7) is 1.17. The Labute approximate surface area is 230 Å². The SMILES string of the molecule is COc1ccc(CN2C(=O)/C(=C/c3cn(Cc4ccc(Br)cc4)c4ccc(Br)cc34)SC2=S)cc1. The van der Waals surface area contributed by atoms with Crippen LogP contribution in [0.5, 0.6) is 5.75 Å². The van der Waals surface area contributed by atoms with Crippen LogP contribution in [0, 0.1) is 0 Å². The lowest BCUT2D eigenvalue weighted by Crippen LogP contribution is -2.27. The average molecular weight is 628 g/mol. The summed E-state index contributed by atoms with van der Waals surface area (Å²) in [6, 6.07) is 22.2. The molecular formula is C27H20Br2N2O2S2. The van der Waals surface area contributed by atoms with Gasteiger partial charge in [-0.1, -0.05) is 80.1 Å². The largest absolute Gasteiger partial charge is 0.497 e. The smallest absolute Gasteiger partial charge is 0.266 e. The summed E-state index contributed by atoms with van der Waals surface area (Å²) in [5.74, 6) is 0.712. The molecular weight excluding hydrogens is 608 g/mol. The van der Waals surface area contributed by atoms with Crippen LogP contribution in [0.3, 0.4) is 0 Å². The van der Waals surface area contributed by atoms with Crippen molar-refractivity contribution in [1.29, 1.82) is 0 Å². The van der Waals surface area contributed by atoms with Crippen molar-refractivity contribution in [2.45, 2.75) is 13.1 Å². The van der Waals surface area contributed by atoms with Gasteiger partial charge in [0.05, 0.1) is 18.6 Å². The maximum absolute atomic E-state index is 13.3. The second-order valence-electron chi connectivity index (χ2n) is 8.12. The van der Waals surface area contributed by atoms with Crippen molar-refractivity contribution in [3.63, 3.8) is 0 Å². The van der Waals surface area contributed by atoms with Gasteiger partial charge < -0.3 is 9.30 Å². The number of halogens is 2. The molecule has 2 heterocycles. The Hall–Kier alpha value is -2.39. The molecule has 1 fully saturated rings. The molecule has 176 valence electrons. The quantitative estimate of drug-likeness (QED) is 0.163. The van der Waals surface area contributed by atoms with E-state index in [9.17, 15) is 4.79 Å². The summed E-state index contributed by atoms with van der Waals surface area (Å²) in [5.41, 5.74) is 4.29. The van der Waals surface area contributed by atoms with Crippen molar-refractivity contribution >= 4 is 83.0 Å². The summed E-state index contributed by atoms with van der Waals surface area (Å²) in [7, 11) is 1.64. The van der Waals surface area contributed by atoms with Gasteiger partial charge in [-0.25, -0.2) is 0 Å². The van der Waals surface area contributed by atoms with Gasteiger partial charge in [-0.3, -0.25) is 9.69 Å². The molecule has 0 atom stereocenters. The molecule has 4 nitrogen and oxygen atoms in total. The second kappa shape index (κ2) is 10.3. The van der Waals surface area contributed by atoms with Crippen LogP contribution in [0.25, 0.3) is 17.0 Å². The fourth-order valence-corrected chi connectivity index (χ4v) is 5.89. The number of thioether (sulfide) groups is 1. The fraction of sp³-hybridized carbons (Fsp3) is 0.111. The summed E-state index contributed by atoms with van der Waals surface area (Å²) in [4.78, 5) is 15.6. The van der Waals surface area contributed by atoms with E-state index < -0.39 is 0 Å². The third-order valence-electron chi connectivity index (χ3n) is 5.80. The van der Waals surface area contributed by atoms with Crippen LogP contribution >= 0.6 is 55.8 Å². The highest BCUT2D eigenvalue weighted by Gasteiger charge is 2.32. The van der Waals surface area contributed by atoms with Crippen LogP contribution in [0.15, 0.2) is 86.8 Å². The first-order valence-electron chi connectivity index (χ1n) is 10.8. The Bertz CT molecular complexity index is 1460. The van der Waals surface area contributed by atoms with Crippen molar-refractivity contribution in [2.75, 3.05) is 7.11 Å². The van der Waals surface area contributed by atoms with Gasteiger partial charge in [0.1, 0.15) is 10.1 Å². The summed E-state index contributed by atoms with van der Waals surface area (Å²) in [5, 5.41) is 1.08. The number of hydrogen-bond acceptors (Lipinski definition) is 4. The molecule has 1 aromatic heterocycles. The first kappa shape index (κ1) is 24.3. The predicted molar refractivity (Wildman–Crippen MR) is 155 cm³/mol. The Kier molecular flexibility index (Phi) is 7.16. The first-order chi connectivity index (χ1) is 16.9. The number of fused-ring (bicyclic) bond motifs is 1. The average Bonchev–Trinajstić information content (AvgIpc) is 3.32. The van der Waals surface area contributed by atoms with E-state index in [0.717, 1.165) is 43.3 Å². The van der Waals surface area contributed by atoms with Gasteiger partial charge in [-0.15, -0.1) is 0 Å². The van der Waals surface area contributed by atoms with Crippen molar-refractivity contribution in [1.82, 2.24) is 9.47 Å². The molecule has 3 aromatic carbocycles. The normalized spacial score (nSPS) is 14.9. The monoisotopic (exact) mass is 626 g/mol. The maximum atomic E-state index is 13.3. The minimum absolute atomic E-state index is 0.0698. The molecule has 0 spiro atoms. The van der Waals surface area contributed by atoms with E-state index >= 15 is 0 Å².